The summed E-state index contributed by atoms with van der Waals surface area (Å²) in [5.41, 5.74) is 2.66. The molecule has 0 aliphatic rings. The molecule has 0 atom stereocenters. The maximum absolute atomic E-state index is 13.5. The minimum Gasteiger partial charge on any atom is -0.453 e. The second kappa shape index (κ2) is 12.0. The molecule has 2 aromatic carbocycles. The fraction of sp³-hybridized carbons (Fsp3) is 0.333. The van der Waals surface area contributed by atoms with Gasteiger partial charge < -0.3 is 23.2 Å². The van der Waals surface area contributed by atoms with Crippen molar-refractivity contribution in [2.24, 2.45) is 0 Å². The Balaban J connectivity index is 1.49. The summed E-state index contributed by atoms with van der Waals surface area (Å²) >= 11 is 0. The summed E-state index contributed by atoms with van der Waals surface area (Å²) in [6.45, 7) is 6.80. The molecule has 0 aliphatic carbocycles. The summed E-state index contributed by atoms with van der Waals surface area (Å²) in [5.74, 6) is 0.0179. The second-order valence-electron chi connectivity index (χ2n) is 10.5. The molecule has 0 bridgehead atoms. The lowest BCUT2D eigenvalue weighted by Crippen LogP contribution is -2.23. The first-order valence-corrected chi connectivity index (χ1v) is 13.7. The number of H-pyrrole nitrogens is 1. The van der Waals surface area contributed by atoms with Crippen LogP contribution in [-0.4, -0.2) is 41.3 Å². The van der Waals surface area contributed by atoms with Crippen molar-refractivity contribution in [3.63, 3.8) is 0 Å². The molecular formula is C30H32N6O6. The highest BCUT2D eigenvalue weighted by Crippen LogP contribution is 2.31. The zero-order chi connectivity index (χ0) is 29.9. The molecular weight excluding hydrogens is 540 g/mol. The molecule has 0 fully saturated rings. The van der Waals surface area contributed by atoms with Crippen molar-refractivity contribution in [1.29, 1.82) is 0 Å². The molecule has 3 aromatic heterocycles. The van der Waals surface area contributed by atoms with E-state index in [-0.39, 0.29) is 29.5 Å². The summed E-state index contributed by atoms with van der Waals surface area (Å²) in [7, 11) is 0. The third-order valence-corrected chi connectivity index (χ3v) is 6.88. The van der Waals surface area contributed by atoms with Crippen LogP contribution in [0.25, 0.3) is 22.5 Å². The van der Waals surface area contributed by atoms with Crippen molar-refractivity contribution in [3.05, 3.63) is 93.4 Å². The molecule has 3 heterocycles. The number of aromatic amines is 1. The van der Waals surface area contributed by atoms with E-state index in [0.29, 0.717) is 24.6 Å². The maximum atomic E-state index is 13.5. The zero-order valence-electron chi connectivity index (χ0n) is 23.9. The fourth-order valence-corrected chi connectivity index (χ4v) is 4.72. The van der Waals surface area contributed by atoms with E-state index < -0.39 is 17.4 Å². The van der Waals surface area contributed by atoms with Crippen molar-refractivity contribution < 1.29 is 23.5 Å². The predicted octanol–water partition coefficient (Wildman–Crippen LogP) is 4.56. The zero-order valence-corrected chi connectivity index (χ0v) is 23.9. The van der Waals surface area contributed by atoms with Gasteiger partial charge in [0.2, 0.25) is 0 Å². The van der Waals surface area contributed by atoms with E-state index in [9.17, 15) is 14.7 Å². The number of hydrogen-bond acceptors (Lipinski definition) is 10. The van der Waals surface area contributed by atoms with Gasteiger partial charge in [0.15, 0.2) is 29.6 Å². The number of esters is 1. The number of carbonyl (C=O) groups is 1. The molecule has 5 aromatic rings. The van der Waals surface area contributed by atoms with Gasteiger partial charge in [0.05, 0.1) is 0 Å². The van der Waals surface area contributed by atoms with Gasteiger partial charge >= 0.3 is 11.8 Å². The Hall–Kier alpha value is -4.84. The second-order valence-corrected chi connectivity index (χ2v) is 10.5. The molecule has 218 valence electrons. The topological polar surface area (TPSA) is 162 Å². The number of benzene rings is 2. The van der Waals surface area contributed by atoms with Gasteiger partial charge in [0.1, 0.15) is 17.1 Å². The van der Waals surface area contributed by atoms with Crippen LogP contribution in [0.4, 0.5) is 0 Å². The minimum absolute atomic E-state index is 0.118. The number of tetrazole rings is 1. The molecule has 0 spiro atoms. The molecule has 0 saturated heterocycles. The Labute approximate surface area is 241 Å². The van der Waals surface area contributed by atoms with Crippen LogP contribution < -0.4 is 5.82 Å². The number of rotatable bonds is 11. The Morgan fingerprint density at radius 1 is 1.10 bits per heavy atom. The lowest BCUT2D eigenvalue weighted by atomic mass is 9.98. The van der Waals surface area contributed by atoms with Crippen LogP contribution in [-0.2, 0) is 29.9 Å². The number of hydrogen-bond donors (Lipinski definition) is 2. The van der Waals surface area contributed by atoms with E-state index in [1.165, 1.54) is 0 Å². The lowest BCUT2D eigenvalue weighted by molar-refractivity contribution is 0.0395. The third kappa shape index (κ3) is 6.08. The van der Waals surface area contributed by atoms with Gasteiger partial charge in [-0.05, 0) is 54.3 Å². The quantitative estimate of drug-likeness (QED) is 0.215. The molecule has 0 saturated carbocycles. The van der Waals surface area contributed by atoms with Crippen LogP contribution in [0.3, 0.4) is 0 Å². The molecule has 42 heavy (non-hydrogen) atoms. The summed E-state index contributed by atoms with van der Waals surface area (Å²) in [5, 5.41) is 25.2. The van der Waals surface area contributed by atoms with E-state index in [2.05, 4.69) is 27.5 Å². The van der Waals surface area contributed by atoms with Gasteiger partial charge in [-0.1, -0.05) is 61.9 Å². The van der Waals surface area contributed by atoms with E-state index in [4.69, 9.17) is 18.6 Å². The van der Waals surface area contributed by atoms with Crippen molar-refractivity contribution in [1.82, 2.24) is 30.2 Å². The summed E-state index contributed by atoms with van der Waals surface area (Å²) in [6.07, 6.45) is 2.39. The first kappa shape index (κ1) is 28.7. The standard InChI is InChI=1S/C30H32N6O6/c1-5-6-11-24-31-26(30(3,4)39)25(28(37)40-17-23-18(2)41-29(38)42-23)36(24)16-19-12-14-20(15-13-19)21-9-7-8-10-22(21)27-32-34-35-33-27/h7-10,12-15,39H,5-6,11,16-17H2,1-4H3,(H,32,33,34,35). The molecule has 0 amide bonds. The first-order valence-electron chi connectivity index (χ1n) is 13.7. The van der Waals surface area contributed by atoms with Crippen LogP contribution in [0.2, 0.25) is 0 Å². The van der Waals surface area contributed by atoms with E-state index in [0.717, 1.165) is 35.1 Å². The smallest absolute Gasteiger partial charge is 0.453 e. The number of imidazole rings is 1. The molecule has 5 rings (SSSR count). The Kier molecular flexibility index (Phi) is 8.16. The van der Waals surface area contributed by atoms with Gasteiger partial charge in [0.25, 0.3) is 0 Å². The number of carbonyl (C=O) groups excluding carboxylic acids is 1. The van der Waals surface area contributed by atoms with E-state index in [1.54, 1.807) is 25.3 Å². The fourth-order valence-electron chi connectivity index (χ4n) is 4.72. The molecule has 2 N–H and O–H groups in total. The van der Waals surface area contributed by atoms with Crippen LogP contribution >= 0.6 is 0 Å². The van der Waals surface area contributed by atoms with Gasteiger partial charge in [-0.25, -0.2) is 19.7 Å². The van der Waals surface area contributed by atoms with Crippen LogP contribution in [0.5, 0.6) is 0 Å². The molecule has 0 aliphatic heterocycles. The average Bonchev–Trinajstić information content (AvgIpc) is 3.70. The Morgan fingerprint density at radius 2 is 1.83 bits per heavy atom. The van der Waals surface area contributed by atoms with Gasteiger partial charge in [0, 0.05) is 18.5 Å². The summed E-state index contributed by atoms with van der Waals surface area (Å²) < 4.78 is 17.2. The summed E-state index contributed by atoms with van der Waals surface area (Å²) in [6, 6.07) is 15.8. The van der Waals surface area contributed by atoms with Crippen LogP contribution in [0.1, 0.15) is 72.7 Å². The Bertz CT molecular complexity index is 1730. The largest absolute Gasteiger partial charge is 0.519 e. The predicted molar refractivity (Wildman–Crippen MR) is 151 cm³/mol. The number of aryl methyl sites for hydroxylation is 2. The number of aromatic nitrogens is 6. The molecule has 0 radical (unpaired) electrons. The van der Waals surface area contributed by atoms with Crippen molar-refractivity contribution >= 4 is 5.97 Å². The van der Waals surface area contributed by atoms with Gasteiger partial charge in [-0.3, -0.25) is 0 Å². The van der Waals surface area contributed by atoms with Crippen molar-refractivity contribution in [3.8, 4) is 22.5 Å². The van der Waals surface area contributed by atoms with Crippen LogP contribution in [0, 0.1) is 6.92 Å². The molecule has 12 heteroatoms. The van der Waals surface area contributed by atoms with E-state index >= 15 is 0 Å². The third-order valence-electron chi connectivity index (χ3n) is 6.88. The minimum atomic E-state index is -1.41. The summed E-state index contributed by atoms with van der Waals surface area (Å²) in [4.78, 5) is 29.7. The van der Waals surface area contributed by atoms with Gasteiger partial charge in [-0.2, -0.15) is 0 Å². The lowest BCUT2D eigenvalue weighted by Gasteiger charge is -2.18. The number of ether oxygens (including phenoxy) is 1. The van der Waals surface area contributed by atoms with Crippen molar-refractivity contribution in [2.75, 3.05) is 0 Å². The maximum Gasteiger partial charge on any atom is 0.519 e. The van der Waals surface area contributed by atoms with E-state index in [1.807, 2.05) is 48.5 Å². The normalized spacial score (nSPS) is 11.6. The molecule has 12 nitrogen and oxygen atoms in total. The van der Waals surface area contributed by atoms with Crippen LogP contribution in [0.15, 0.2) is 62.2 Å². The highest BCUT2D eigenvalue weighted by atomic mass is 16.6. The van der Waals surface area contributed by atoms with Crippen molar-refractivity contribution in [2.45, 2.75) is 65.7 Å². The SMILES string of the molecule is CCCCc1nc(C(C)(C)O)c(C(=O)OCc2oc(=O)oc2C)n1Cc1ccc(-c2ccccc2-c2nnn[nH]2)cc1. The number of nitrogens with one attached hydrogen (secondary N) is 1. The number of unbranched alkanes of at least 4 members (excludes halogenated alkanes) is 1. The monoisotopic (exact) mass is 572 g/mol. The highest BCUT2D eigenvalue weighted by Gasteiger charge is 2.33. The number of aliphatic hydroxyl groups is 1. The Morgan fingerprint density at radius 3 is 2.45 bits per heavy atom. The van der Waals surface area contributed by atoms with Gasteiger partial charge in [-0.15, -0.1) is 5.10 Å². The average molecular weight is 573 g/mol. The highest BCUT2D eigenvalue weighted by molar-refractivity contribution is 5.89. The first-order chi connectivity index (χ1) is 20.2. The molecule has 0 unspecified atom stereocenters. The number of nitrogens with zero attached hydrogens (tertiary/aromatic N) is 5.